The molecule has 34 heavy (non-hydrogen) atoms. The van der Waals surface area contributed by atoms with E-state index in [0.29, 0.717) is 19.4 Å². The average Bonchev–Trinajstić information content (AvgIpc) is 2.84. The Hall–Kier alpha value is -4.08. The second-order valence-electron chi connectivity index (χ2n) is 6.97. The van der Waals surface area contributed by atoms with E-state index in [2.05, 4.69) is 16.2 Å². The van der Waals surface area contributed by atoms with E-state index < -0.39 is 18.2 Å². The quantitative estimate of drug-likeness (QED) is 0.305. The first-order valence-electron chi connectivity index (χ1n) is 10.8. The fraction of sp³-hybridized carbons (Fsp3) is 0.333. The first-order valence-corrected chi connectivity index (χ1v) is 10.8. The van der Waals surface area contributed by atoms with Gasteiger partial charge in [-0.25, -0.2) is 15.0 Å². The van der Waals surface area contributed by atoms with E-state index in [-0.39, 0.29) is 25.5 Å². The Morgan fingerprint density at radius 3 is 1.79 bits per heavy atom. The van der Waals surface area contributed by atoms with Crippen molar-refractivity contribution in [2.24, 2.45) is 0 Å². The van der Waals surface area contributed by atoms with Crippen molar-refractivity contribution < 1.29 is 33.8 Å². The molecule has 0 saturated heterocycles. The van der Waals surface area contributed by atoms with E-state index in [9.17, 15) is 19.2 Å². The van der Waals surface area contributed by atoms with Gasteiger partial charge in [-0.15, -0.1) is 0 Å². The van der Waals surface area contributed by atoms with Crippen molar-refractivity contribution in [2.75, 3.05) is 6.54 Å². The molecule has 0 unspecified atom stereocenters. The molecule has 0 fully saturated rings. The molecule has 10 nitrogen and oxygen atoms in total. The van der Waals surface area contributed by atoms with Crippen LogP contribution in [0, 0.1) is 0 Å². The van der Waals surface area contributed by atoms with Crippen molar-refractivity contribution in [3.8, 4) is 0 Å². The second-order valence-corrected chi connectivity index (χ2v) is 6.97. The molecule has 3 amide bonds. The third-order valence-corrected chi connectivity index (χ3v) is 4.04. The van der Waals surface area contributed by atoms with Gasteiger partial charge in [-0.2, -0.15) is 0 Å². The summed E-state index contributed by atoms with van der Waals surface area (Å²) in [5, 5.41) is 10.9. The Kier molecular flexibility index (Phi) is 14.4. The van der Waals surface area contributed by atoms with Gasteiger partial charge in [0.2, 0.25) is 5.91 Å². The Labute approximate surface area is 198 Å². The van der Waals surface area contributed by atoms with Crippen molar-refractivity contribution in [1.82, 2.24) is 16.2 Å². The smallest absolute Gasteiger partial charge is 0.426 e. The van der Waals surface area contributed by atoms with Crippen LogP contribution in [0.1, 0.15) is 43.7 Å². The number of carbonyl (C=O) groups excluding carboxylic acids is 3. The molecule has 0 radical (unpaired) electrons. The van der Waals surface area contributed by atoms with Crippen LogP contribution in [0.25, 0.3) is 0 Å². The topological polar surface area (TPSA) is 143 Å². The zero-order valence-corrected chi connectivity index (χ0v) is 19.1. The normalized spacial score (nSPS) is 9.56. The van der Waals surface area contributed by atoms with Gasteiger partial charge >= 0.3 is 18.2 Å². The van der Waals surface area contributed by atoms with Gasteiger partial charge in [-0.3, -0.25) is 15.0 Å². The number of rotatable bonds is 10. The van der Waals surface area contributed by atoms with Crippen molar-refractivity contribution in [3.05, 3.63) is 71.8 Å². The van der Waals surface area contributed by atoms with E-state index in [4.69, 9.17) is 14.6 Å². The maximum Gasteiger partial charge on any atom is 0.426 e. The van der Waals surface area contributed by atoms with E-state index in [1.54, 1.807) is 0 Å². The van der Waals surface area contributed by atoms with Crippen LogP contribution in [-0.2, 0) is 32.3 Å². The van der Waals surface area contributed by atoms with Crippen molar-refractivity contribution >= 4 is 24.1 Å². The molecule has 10 heteroatoms. The highest BCUT2D eigenvalue weighted by atomic mass is 16.6. The fourth-order valence-corrected chi connectivity index (χ4v) is 2.37. The number of aliphatic carboxylic acids is 1. The fourth-order valence-electron chi connectivity index (χ4n) is 2.37. The SMILES string of the molecule is CCCC(=O)NNC(=O)OCc1ccccc1.O=C(O)CCCNC(=O)OCc1ccccc1. The van der Waals surface area contributed by atoms with Gasteiger partial charge in [0.15, 0.2) is 0 Å². The van der Waals surface area contributed by atoms with Crippen molar-refractivity contribution in [2.45, 2.75) is 45.8 Å². The molecule has 4 N–H and O–H groups in total. The van der Waals surface area contributed by atoms with Crippen LogP contribution in [-0.4, -0.2) is 35.7 Å². The summed E-state index contributed by atoms with van der Waals surface area (Å²) < 4.78 is 9.83. The second kappa shape index (κ2) is 17.5. The molecule has 0 aliphatic carbocycles. The van der Waals surface area contributed by atoms with Crippen LogP contribution in [0.5, 0.6) is 0 Å². The van der Waals surface area contributed by atoms with Crippen LogP contribution in [0.15, 0.2) is 60.7 Å². The molecule has 0 heterocycles. The van der Waals surface area contributed by atoms with E-state index in [0.717, 1.165) is 17.5 Å². The summed E-state index contributed by atoms with van der Waals surface area (Å²) in [6.45, 7) is 2.58. The van der Waals surface area contributed by atoms with Gasteiger partial charge in [0.25, 0.3) is 0 Å². The first-order chi connectivity index (χ1) is 16.4. The van der Waals surface area contributed by atoms with Gasteiger partial charge in [0, 0.05) is 19.4 Å². The Morgan fingerprint density at radius 1 is 0.765 bits per heavy atom. The standard InChI is InChI=1S/C12H16N2O3.C12H15NO4/c1-2-6-11(15)13-14-12(16)17-9-10-7-4-3-5-8-10;14-11(15)7-4-8-13-12(16)17-9-10-5-2-1-3-6-10/h3-5,7-8H,2,6,9H2,1H3,(H,13,15)(H,14,16);1-3,5-6H,4,7-9H2,(H,13,16)(H,14,15). The maximum absolute atomic E-state index is 11.2. The average molecular weight is 474 g/mol. The highest BCUT2D eigenvalue weighted by Gasteiger charge is 2.04. The third-order valence-electron chi connectivity index (χ3n) is 4.04. The Morgan fingerprint density at radius 2 is 1.29 bits per heavy atom. The number of carbonyl (C=O) groups is 4. The molecule has 2 rings (SSSR count). The van der Waals surface area contributed by atoms with Crippen LogP contribution >= 0.6 is 0 Å². The number of ether oxygens (including phenoxy) is 2. The van der Waals surface area contributed by atoms with Crippen molar-refractivity contribution in [3.63, 3.8) is 0 Å². The molecule has 2 aromatic carbocycles. The van der Waals surface area contributed by atoms with Crippen LogP contribution in [0.3, 0.4) is 0 Å². The third kappa shape index (κ3) is 14.8. The largest absolute Gasteiger partial charge is 0.481 e. The summed E-state index contributed by atoms with van der Waals surface area (Å²) in [6, 6.07) is 18.6. The summed E-state index contributed by atoms with van der Waals surface area (Å²) in [5.74, 6) is -1.10. The Bertz CT molecular complexity index is 877. The number of hydrazine groups is 1. The molecule has 2 aromatic rings. The van der Waals surface area contributed by atoms with Crippen LogP contribution < -0.4 is 16.2 Å². The number of carboxylic acid groups (broad SMARTS) is 1. The zero-order chi connectivity index (χ0) is 25.0. The minimum absolute atomic E-state index is 0.0406. The van der Waals surface area contributed by atoms with E-state index in [1.165, 1.54) is 0 Å². The summed E-state index contributed by atoms with van der Waals surface area (Å²) in [7, 11) is 0. The number of benzene rings is 2. The lowest BCUT2D eigenvalue weighted by Gasteiger charge is -2.07. The molecule has 0 atom stereocenters. The number of hydrogen-bond acceptors (Lipinski definition) is 6. The molecule has 0 aromatic heterocycles. The van der Waals surface area contributed by atoms with Gasteiger partial charge in [-0.05, 0) is 24.0 Å². The number of carboxylic acids is 1. The number of alkyl carbamates (subject to hydrolysis) is 1. The molecule has 0 aliphatic rings. The zero-order valence-electron chi connectivity index (χ0n) is 19.1. The molecular formula is C24H31N3O7. The summed E-state index contributed by atoms with van der Waals surface area (Å²) in [6.07, 6.45) is 0.345. The number of nitrogens with one attached hydrogen (secondary N) is 3. The molecule has 0 saturated carbocycles. The molecule has 0 spiro atoms. The lowest BCUT2D eigenvalue weighted by atomic mass is 10.2. The molecule has 0 aliphatic heterocycles. The summed E-state index contributed by atoms with van der Waals surface area (Å²) in [5.41, 5.74) is 6.23. The van der Waals surface area contributed by atoms with Crippen LogP contribution in [0.2, 0.25) is 0 Å². The maximum atomic E-state index is 11.2. The highest BCUT2D eigenvalue weighted by Crippen LogP contribution is 2.01. The van der Waals surface area contributed by atoms with E-state index >= 15 is 0 Å². The van der Waals surface area contributed by atoms with Crippen LogP contribution in [0.4, 0.5) is 9.59 Å². The predicted octanol–water partition coefficient (Wildman–Crippen LogP) is 3.52. The van der Waals surface area contributed by atoms with E-state index in [1.807, 2.05) is 67.6 Å². The van der Waals surface area contributed by atoms with Gasteiger partial charge < -0.3 is 19.9 Å². The molecule has 0 bridgehead atoms. The lowest BCUT2D eigenvalue weighted by molar-refractivity contribution is -0.137. The molecular weight excluding hydrogens is 442 g/mol. The molecule has 184 valence electrons. The first kappa shape index (κ1) is 28.0. The monoisotopic (exact) mass is 473 g/mol. The minimum Gasteiger partial charge on any atom is -0.481 e. The number of hydrogen-bond donors (Lipinski definition) is 4. The van der Waals surface area contributed by atoms with Crippen molar-refractivity contribution in [1.29, 1.82) is 0 Å². The Balaban J connectivity index is 0.000000340. The van der Waals surface area contributed by atoms with Gasteiger partial charge in [-0.1, -0.05) is 67.6 Å². The van der Waals surface area contributed by atoms with Gasteiger partial charge in [0.05, 0.1) is 0 Å². The minimum atomic E-state index is -0.871. The summed E-state index contributed by atoms with van der Waals surface area (Å²) >= 11 is 0. The predicted molar refractivity (Wildman–Crippen MR) is 124 cm³/mol. The number of amides is 3. The van der Waals surface area contributed by atoms with Gasteiger partial charge in [0.1, 0.15) is 13.2 Å². The highest BCUT2D eigenvalue weighted by molar-refractivity contribution is 5.78. The summed E-state index contributed by atoms with van der Waals surface area (Å²) in [4.78, 5) is 43.6. The lowest BCUT2D eigenvalue weighted by Crippen LogP contribution is -2.41.